The van der Waals surface area contributed by atoms with Gasteiger partial charge in [-0.05, 0) is 74.6 Å². The molecular formula is C24H31N3O. The van der Waals surface area contributed by atoms with Crippen molar-refractivity contribution in [3.63, 3.8) is 0 Å². The first-order valence-corrected chi connectivity index (χ1v) is 11.0. The van der Waals surface area contributed by atoms with Crippen molar-refractivity contribution in [1.29, 1.82) is 0 Å². The molecule has 0 atom stereocenters. The highest BCUT2D eigenvalue weighted by atomic mass is 16.3. The van der Waals surface area contributed by atoms with Crippen molar-refractivity contribution < 1.29 is 4.42 Å². The Balaban J connectivity index is 1.40. The average molecular weight is 378 g/mol. The molecule has 0 unspecified atom stereocenters. The largest absolute Gasteiger partial charge is 0.464 e. The zero-order valence-electron chi connectivity index (χ0n) is 17.2. The van der Waals surface area contributed by atoms with Gasteiger partial charge in [0.05, 0.1) is 6.26 Å². The van der Waals surface area contributed by atoms with Crippen LogP contribution in [0.4, 0.5) is 0 Å². The molecule has 0 spiro atoms. The molecule has 0 aliphatic heterocycles. The van der Waals surface area contributed by atoms with Crippen LogP contribution in [0.3, 0.4) is 0 Å². The van der Waals surface area contributed by atoms with Gasteiger partial charge in [-0.15, -0.1) is 10.2 Å². The van der Waals surface area contributed by atoms with Gasteiger partial charge in [0.25, 0.3) is 0 Å². The second-order valence-electron chi connectivity index (χ2n) is 9.32. The van der Waals surface area contributed by atoms with Crippen LogP contribution in [0.15, 0.2) is 34.9 Å². The summed E-state index contributed by atoms with van der Waals surface area (Å²) in [6.07, 6.45) is 15.3. The zero-order valence-corrected chi connectivity index (χ0v) is 17.2. The number of nitrogens with zero attached hydrogens (tertiary/aromatic N) is 3. The molecular weight excluding hydrogens is 346 g/mol. The van der Waals surface area contributed by atoms with Crippen LogP contribution in [0.2, 0.25) is 0 Å². The van der Waals surface area contributed by atoms with Crippen LogP contribution in [0.25, 0.3) is 22.4 Å². The van der Waals surface area contributed by atoms with Crippen molar-refractivity contribution in [3.8, 4) is 11.4 Å². The molecule has 1 aromatic carbocycles. The quantitative estimate of drug-likeness (QED) is 0.467. The van der Waals surface area contributed by atoms with Crippen molar-refractivity contribution in [1.82, 2.24) is 14.8 Å². The predicted molar refractivity (Wildman–Crippen MR) is 112 cm³/mol. The SMILES string of the molecule is CCCCCC12CCC(c3nnc(-c4ccc5occc5c4)n3C)(CC1)CC2. The molecule has 4 nitrogen and oxygen atoms in total. The van der Waals surface area contributed by atoms with Crippen molar-refractivity contribution in [2.45, 2.75) is 76.5 Å². The lowest BCUT2D eigenvalue weighted by molar-refractivity contribution is 0.0250. The lowest BCUT2D eigenvalue weighted by Crippen LogP contribution is -2.45. The van der Waals surface area contributed by atoms with E-state index in [0.29, 0.717) is 5.41 Å². The molecule has 6 rings (SSSR count). The number of hydrogen-bond donors (Lipinski definition) is 0. The van der Waals surface area contributed by atoms with Gasteiger partial charge < -0.3 is 8.98 Å². The summed E-state index contributed by atoms with van der Waals surface area (Å²) in [5, 5.41) is 10.5. The summed E-state index contributed by atoms with van der Waals surface area (Å²) in [6.45, 7) is 2.31. The Hall–Kier alpha value is -2.10. The normalized spacial score (nSPS) is 26.9. The summed E-state index contributed by atoms with van der Waals surface area (Å²) in [5.74, 6) is 2.18. The van der Waals surface area contributed by atoms with E-state index in [0.717, 1.165) is 22.4 Å². The summed E-state index contributed by atoms with van der Waals surface area (Å²) >= 11 is 0. The van der Waals surface area contributed by atoms with E-state index in [1.807, 2.05) is 12.1 Å². The minimum Gasteiger partial charge on any atom is -0.464 e. The minimum absolute atomic E-state index is 0.242. The van der Waals surface area contributed by atoms with E-state index in [1.165, 1.54) is 70.0 Å². The van der Waals surface area contributed by atoms with Gasteiger partial charge in [-0.1, -0.05) is 26.2 Å². The summed E-state index contributed by atoms with van der Waals surface area (Å²) in [7, 11) is 2.15. The number of rotatable bonds is 6. The highest BCUT2D eigenvalue weighted by Gasteiger charge is 2.51. The van der Waals surface area contributed by atoms with E-state index in [9.17, 15) is 0 Å². The number of furan rings is 1. The van der Waals surface area contributed by atoms with Crippen LogP contribution in [-0.2, 0) is 12.5 Å². The van der Waals surface area contributed by atoms with Crippen molar-refractivity contribution >= 4 is 11.0 Å². The summed E-state index contributed by atoms with van der Waals surface area (Å²) in [5.41, 5.74) is 2.91. The Kier molecular flexibility index (Phi) is 4.33. The maximum Gasteiger partial charge on any atom is 0.163 e. The monoisotopic (exact) mass is 377 g/mol. The van der Waals surface area contributed by atoms with Crippen molar-refractivity contribution in [2.75, 3.05) is 0 Å². The standard InChI is InChI=1S/C24H31N3O/c1-3-4-5-9-23-10-13-24(14-11-23,15-12-23)22-26-25-21(27(22)2)19-6-7-20-18(17-19)8-16-28-20/h6-8,16-17H,3-5,9-15H2,1-2H3. The molecule has 2 heterocycles. The van der Waals surface area contributed by atoms with Crippen LogP contribution in [0, 0.1) is 5.41 Å². The third-order valence-electron chi connectivity index (χ3n) is 7.77. The number of benzene rings is 1. The smallest absolute Gasteiger partial charge is 0.163 e. The van der Waals surface area contributed by atoms with Crippen LogP contribution in [-0.4, -0.2) is 14.8 Å². The van der Waals surface area contributed by atoms with Gasteiger partial charge in [0.15, 0.2) is 5.82 Å². The Morgan fingerprint density at radius 3 is 2.54 bits per heavy atom. The highest BCUT2D eigenvalue weighted by molar-refractivity contribution is 5.82. The Bertz CT molecular complexity index is 958. The second-order valence-corrected chi connectivity index (χ2v) is 9.32. The van der Waals surface area contributed by atoms with E-state index < -0.39 is 0 Å². The van der Waals surface area contributed by atoms with Crippen LogP contribution < -0.4 is 0 Å². The molecule has 0 N–H and O–H groups in total. The molecule has 3 saturated carbocycles. The van der Waals surface area contributed by atoms with Crippen LogP contribution >= 0.6 is 0 Å². The molecule has 148 valence electrons. The van der Waals surface area contributed by atoms with Gasteiger partial charge in [-0.2, -0.15) is 0 Å². The van der Waals surface area contributed by atoms with Crippen LogP contribution in [0.5, 0.6) is 0 Å². The van der Waals surface area contributed by atoms with Gasteiger partial charge in [0.1, 0.15) is 11.4 Å². The van der Waals surface area contributed by atoms with E-state index in [1.54, 1.807) is 6.26 Å². The molecule has 0 radical (unpaired) electrons. The van der Waals surface area contributed by atoms with Crippen molar-refractivity contribution in [3.05, 3.63) is 36.4 Å². The fourth-order valence-electron chi connectivity index (χ4n) is 5.87. The van der Waals surface area contributed by atoms with Crippen LogP contribution in [0.1, 0.15) is 77.0 Å². The Morgan fingerprint density at radius 2 is 1.79 bits per heavy atom. The van der Waals surface area contributed by atoms with Crippen molar-refractivity contribution in [2.24, 2.45) is 12.5 Å². The van der Waals surface area contributed by atoms with E-state index in [-0.39, 0.29) is 5.41 Å². The van der Waals surface area contributed by atoms with Gasteiger partial charge >= 0.3 is 0 Å². The van der Waals surface area contributed by atoms with E-state index in [2.05, 4.69) is 35.8 Å². The van der Waals surface area contributed by atoms with Gasteiger partial charge in [-0.25, -0.2) is 0 Å². The number of hydrogen-bond acceptors (Lipinski definition) is 3. The lowest BCUT2D eigenvalue weighted by Gasteiger charge is -2.53. The molecule has 3 aromatic rings. The third-order valence-corrected chi connectivity index (χ3v) is 7.77. The fraction of sp³-hybridized carbons (Fsp3) is 0.583. The van der Waals surface area contributed by atoms with Gasteiger partial charge in [-0.3, -0.25) is 0 Å². The summed E-state index contributed by atoms with van der Waals surface area (Å²) < 4.78 is 7.74. The molecule has 4 heteroatoms. The van der Waals surface area contributed by atoms with E-state index >= 15 is 0 Å². The number of fused-ring (bicyclic) bond motifs is 4. The second kappa shape index (κ2) is 6.75. The van der Waals surface area contributed by atoms with Gasteiger partial charge in [0, 0.05) is 23.4 Å². The maximum absolute atomic E-state index is 5.48. The first kappa shape index (κ1) is 18.0. The molecule has 3 fully saturated rings. The molecule has 2 bridgehead atoms. The first-order chi connectivity index (χ1) is 13.6. The number of unbranched alkanes of at least 4 members (excludes halogenated alkanes) is 2. The highest BCUT2D eigenvalue weighted by Crippen LogP contribution is 2.59. The third kappa shape index (κ3) is 2.80. The fourth-order valence-corrected chi connectivity index (χ4v) is 5.87. The topological polar surface area (TPSA) is 43.9 Å². The number of aromatic nitrogens is 3. The molecule has 0 amide bonds. The lowest BCUT2D eigenvalue weighted by atomic mass is 9.52. The predicted octanol–water partition coefficient (Wildman–Crippen LogP) is 6.40. The molecule has 0 saturated heterocycles. The maximum atomic E-state index is 5.48. The summed E-state index contributed by atoms with van der Waals surface area (Å²) in [4.78, 5) is 0. The van der Waals surface area contributed by atoms with E-state index in [4.69, 9.17) is 9.52 Å². The first-order valence-electron chi connectivity index (χ1n) is 11.0. The molecule has 2 aromatic heterocycles. The molecule has 3 aliphatic carbocycles. The van der Waals surface area contributed by atoms with Gasteiger partial charge in [0.2, 0.25) is 0 Å². The molecule has 3 aliphatic rings. The summed E-state index contributed by atoms with van der Waals surface area (Å²) in [6, 6.07) is 8.29. The minimum atomic E-state index is 0.242. The zero-order chi connectivity index (χ0) is 19.2. The molecule has 28 heavy (non-hydrogen) atoms. The Morgan fingerprint density at radius 1 is 1.00 bits per heavy atom. The average Bonchev–Trinajstić information content (AvgIpc) is 3.35. The Labute approximate surface area is 167 Å².